The van der Waals surface area contributed by atoms with Crippen molar-refractivity contribution in [2.75, 3.05) is 13.7 Å². The Kier molecular flexibility index (Phi) is 5.44. The fourth-order valence-corrected chi connectivity index (χ4v) is 1.70. The predicted molar refractivity (Wildman–Crippen MR) is 67.0 cm³/mol. The summed E-state index contributed by atoms with van der Waals surface area (Å²) in [6, 6.07) is 2.94. The van der Waals surface area contributed by atoms with Crippen molar-refractivity contribution in [1.29, 1.82) is 0 Å². The molecule has 0 saturated carbocycles. The number of aliphatic carboxylic acids is 1. The van der Waals surface area contributed by atoms with Gasteiger partial charge >= 0.3 is 5.97 Å². The Labute approximate surface area is 110 Å². The number of carboxylic acid groups (broad SMARTS) is 1. The highest BCUT2D eigenvalue weighted by Crippen LogP contribution is 2.19. The average Bonchev–Trinajstić information content (AvgIpc) is 2.36. The molecule has 0 aliphatic rings. The van der Waals surface area contributed by atoms with Crippen molar-refractivity contribution in [2.45, 2.75) is 19.4 Å². The zero-order valence-electron chi connectivity index (χ0n) is 10.8. The molecule has 1 atom stereocenters. The van der Waals surface area contributed by atoms with Gasteiger partial charge in [0.1, 0.15) is 0 Å². The lowest BCUT2D eigenvalue weighted by Crippen LogP contribution is -2.38. The summed E-state index contributed by atoms with van der Waals surface area (Å²) in [7, 11) is 1.33. The predicted octanol–water partition coefficient (Wildman–Crippen LogP) is 1.47. The molecule has 0 heterocycles. The molecule has 0 radical (unpaired) electrons. The van der Waals surface area contributed by atoms with Crippen molar-refractivity contribution in [3.63, 3.8) is 0 Å². The molecule has 0 saturated heterocycles. The van der Waals surface area contributed by atoms with E-state index in [1.807, 2.05) is 0 Å². The van der Waals surface area contributed by atoms with Gasteiger partial charge in [-0.2, -0.15) is 0 Å². The zero-order valence-corrected chi connectivity index (χ0v) is 10.8. The number of carbonyl (C=O) groups excluding carboxylic acids is 1. The van der Waals surface area contributed by atoms with Crippen LogP contribution in [-0.2, 0) is 4.79 Å². The molecule has 104 valence electrons. The molecule has 0 bridgehead atoms. The second-order valence-electron chi connectivity index (χ2n) is 3.92. The van der Waals surface area contributed by atoms with Crippen LogP contribution in [0.4, 0.5) is 4.39 Å². The van der Waals surface area contributed by atoms with Crippen LogP contribution in [0.25, 0.3) is 0 Å². The van der Waals surface area contributed by atoms with Crippen LogP contribution in [0.5, 0.6) is 5.75 Å². The Morgan fingerprint density at radius 2 is 2.16 bits per heavy atom. The molecule has 19 heavy (non-hydrogen) atoms. The molecule has 1 aromatic rings. The number of methoxy groups -OCH3 is 1. The molecule has 1 rings (SSSR count). The minimum atomic E-state index is -1.09. The van der Waals surface area contributed by atoms with Crippen LogP contribution in [0, 0.1) is 5.82 Å². The van der Waals surface area contributed by atoms with Gasteiger partial charge in [-0.3, -0.25) is 9.59 Å². The lowest BCUT2D eigenvalue weighted by Gasteiger charge is -2.15. The van der Waals surface area contributed by atoms with E-state index in [9.17, 15) is 14.0 Å². The topological polar surface area (TPSA) is 75.6 Å². The SMILES string of the molecule is CCNC(CC(=O)O)C(=O)c1ccc(OC)c(F)c1. The van der Waals surface area contributed by atoms with Crippen LogP contribution < -0.4 is 10.1 Å². The quantitative estimate of drug-likeness (QED) is 0.733. The lowest BCUT2D eigenvalue weighted by molar-refractivity contribution is -0.137. The van der Waals surface area contributed by atoms with E-state index in [1.165, 1.54) is 19.2 Å². The van der Waals surface area contributed by atoms with Crippen LogP contribution in [0.1, 0.15) is 23.7 Å². The number of carboxylic acids is 1. The summed E-state index contributed by atoms with van der Waals surface area (Å²) in [4.78, 5) is 22.8. The second kappa shape index (κ2) is 6.84. The molecule has 5 nitrogen and oxygen atoms in total. The van der Waals surface area contributed by atoms with Gasteiger partial charge in [0.15, 0.2) is 17.3 Å². The van der Waals surface area contributed by atoms with Gasteiger partial charge in [-0.25, -0.2) is 4.39 Å². The van der Waals surface area contributed by atoms with Gasteiger partial charge in [-0.15, -0.1) is 0 Å². The van der Waals surface area contributed by atoms with Gasteiger partial charge in [-0.1, -0.05) is 6.92 Å². The van der Waals surface area contributed by atoms with Crippen molar-refractivity contribution in [3.05, 3.63) is 29.6 Å². The van der Waals surface area contributed by atoms with E-state index in [0.29, 0.717) is 6.54 Å². The van der Waals surface area contributed by atoms with Crippen LogP contribution >= 0.6 is 0 Å². The number of carbonyl (C=O) groups is 2. The van der Waals surface area contributed by atoms with Gasteiger partial charge in [0.2, 0.25) is 0 Å². The largest absolute Gasteiger partial charge is 0.494 e. The van der Waals surface area contributed by atoms with Crippen molar-refractivity contribution < 1.29 is 23.8 Å². The van der Waals surface area contributed by atoms with E-state index in [2.05, 4.69) is 5.32 Å². The van der Waals surface area contributed by atoms with E-state index in [-0.39, 0.29) is 17.7 Å². The molecule has 0 amide bonds. The van der Waals surface area contributed by atoms with Gasteiger partial charge in [0.05, 0.1) is 19.6 Å². The van der Waals surface area contributed by atoms with E-state index in [4.69, 9.17) is 9.84 Å². The number of likely N-dealkylation sites (N-methyl/N-ethyl adjacent to an activating group) is 1. The van der Waals surface area contributed by atoms with E-state index < -0.39 is 23.6 Å². The number of Topliss-reactive ketones (excluding diaryl/α,β-unsaturated/α-hetero) is 1. The number of nitrogens with one attached hydrogen (secondary N) is 1. The molecule has 0 spiro atoms. The van der Waals surface area contributed by atoms with Gasteiger partial charge in [0.25, 0.3) is 0 Å². The Morgan fingerprint density at radius 3 is 2.63 bits per heavy atom. The third-order valence-electron chi connectivity index (χ3n) is 2.58. The number of halogens is 1. The Morgan fingerprint density at radius 1 is 1.47 bits per heavy atom. The first-order valence-corrected chi connectivity index (χ1v) is 5.82. The van der Waals surface area contributed by atoms with Crippen LogP contribution in [0.3, 0.4) is 0 Å². The third kappa shape index (κ3) is 4.03. The molecule has 0 aliphatic heterocycles. The molecule has 1 aromatic carbocycles. The molecular weight excluding hydrogens is 253 g/mol. The Bertz CT molecular complexity index is 476. The van der Waals surface area contributed by atoms with Crippen LogP contribution in [0.2, 0.25) is 0 Å². The summed E-state index contributed by atoms with van der Waals surface area (Å²) in [5.74, 6) is -2.16. The summed E-state index contributed by atoms with van der Waals surface area (Å²) in [5, 5.41) is 11.5. The van der Waals surface area contributed by atoms with Crippen molar-refractivity contribution in [2.24, 2.45) is 0 Å². The second-order valence-corrected chi connectivity index (χ2v) is 3.92. The highest BCUT2D eigenvalue weighted by atomic mass is 19.1. The first kappa shape index (κ1) is 15.1. The van der Waals surface area contributed by atoms with Gasteiger partial charge in [-0.05, 0) is 24.7 Å². The Hall–Kier alpha value is -1.95. The van der Waals surface area contributed by atoms with E-state index in [1.54, 1.807) is 6.92 Å². The molecular formula is C13H16FNO4. The first-order valence-electron chi connectivity index (χ1n) is 5.82. The van der Waals surface area contributed by atoms with E-state index >= 15 is 0 Å². The number of benzene rings is 1. The number of rotatable bonds is 7. The Balaban J connectivity index is 2.95. The number of ether oxygens (including phenoxy) is 1. The minimum absolute atomic E-state index is 0.0368. The molecule has 0 fully saturated rings. The highest BCUT2D eigenvalue weighted by molar-refractivity contribution is 6.01. The van der Waals surface area contributed by atoms with Crippen molar-refractivity contribution >= 4 is 11.8 Å². The summed E-state index contributed by atoms with van der Waals surface area (Å²) in [6.45, 7) is 2.21. The standard InChI is InChI=1S/C13H16FNO4/c1-3-15-10(7-12(16)17)13(18)8-4-5-11(19-2)9(14)6-8/h4-6,10,15H,3,7H2,1-2H3,(H,16,17). The lowest BCUT2D eigenvalue weighted by atomic mass is 10.0. The average molecular weight is 269 g/mol. The normalized spacial score (nSPS) is 11.9. The van der Waals surface area contributed by atoms with Gasteiger partial charge in [0, 0.05) is 5.56 Å². The van der Waals surface area contributed by atoms with Crippen molar-refractivity contribution in [3.8, 4) is 5.75 Å². The zero-order chi connectivity index (χ0) is 14.4. The van der Waals surface area contributed by atoms with Crippen LogP contribution in [-0.4, -0.2) is 36.6 Å². The van der Waals surface area contributed by atoms with Crippen molar-refractivity contribution in [1.82, 2.24) is 5.32 Å². The molecule has 2 N–H and O–H groups in total. The smallest absolute Gasteiger partial charge is 0.305 e. The third-order valence-corrected chi connectivity index (χ3v) is 2.58. The molecule has 0 aromatic heterocycles. The summed E-state index contributed by atoms with van der Waals surface area (Å²) in [6.07, 6.45) is -0.347. The number of hydrogen-bond acceptors (Lipinski definition) is 4. The maximum atomic E-state index is 13.5. The summed E-state index contributed by atoms with van der Waals surface area (Å²) in [5.41, 5.74) is 0.116. The highest BCUT2D eigenvalue weighted by Gasteiger charge is 2.22. The monoisotopic (exact) mass is 269 g/mol. The molecule has 0 aliphatic carbocycles. The first-order chi connectivity index (χ1) is 8.99. The summed E-state index contributed by atoms with van der Waals surface area (Å²) < 4.78 is 18.3. The van der Waals surface area contributed by atoms with Crippen LogP contribution in [0.15, 0.2) is 18.2 Å². The maximum absolute atomic E-state index is 13.5. The number of hydrogen-bond donors (Lipinski definition) is 2. The fourth-order valence-electron chi connectivity index (χ4n) is 1.70. The molecule has 6 heteroatoms. The fraction of sp³-hybridized carbons (Fsp3) is 0.385. The van der Waals surface area contributed by atoms with E-state index in [0.717, 1.165) is 6.07 Å². The maximum Gasteiger partial charge on any atom is 0.305 e. The minimum Gasteiger partial charge on any atom is -0.494 e. The van der Waals surface area contributed by atoms with Gasteiger partial charge < -0.3 is 15.2 Å². The molecule has 1 unspecified atom stereocenters. The number of ketones is 1. The summed E-state index contributed by atoms with van der Waals surface area (Å²) >= 11 is 0.